The van der Waals surface area contributed by atoms with E-state index in [9.17, 15) is 9.59 Å². The van der Waals surface area contributed by atoms with Crippen molar-refractivity contribution in [1.82, 2.24) is 5.32 Å². The van der Waals surface area contributed by atoms with E-state index in [2.05, 4.69) is 16.0 Å². The molecule has 0 saturated heterocycles. The minimum atomic E-state index is -0.408. The van der Waals surface area contributed by atoms with Gasteiger partial charge in [-0.2, -0.15) is 0 Å². The van der Waals surface area contributed by atoms with Gasteiger partial charge in [-0.15, -0.1) is 0 Å². The first kappa shape index (κ1) is 21.7. The fraction of sp³-hybridized carbons (Fsp3) is 0.250. The van der Waals surface area contributed by atoms with Gasteiger partial charge in [-0.3, -0.25) is 14.9 Å². The van der Waals surface area contributed by atoms with Crippen LogP contribution < -0.4 is 20.7 Å². The number of hydrogen-bond donors (Lipinski definition) is 3. The fourth-order valence-corrected chi connectivity index (χ4v) is 2.83. The first-order valence-electron chi connectivity index (χ1n) is 8.79. The second-order valence-corrected chi connectivity index (χ2v) is 6.77. The normalized spacial score (nSPS) is 10.1. The van der Waals surface area contributed by atoms with Crippen LogP contribution in [0.25, 0.3) is 0 Å². The van der Waals surface area contributed by atoms with Gasteiger partial charge < -0.3 is 15.4 Å². The number of methoxy groups -OCH3 is 1. The van der Waals surface area contributed by atoms with Gasteiger partial charge in [0.05, 0.1) is 23.4 Å². The minimum absolute atomic E-state index is 0.0663. The number of carbonyl (C=O) groups excluding carboxylic acids is 2. The molecule has 0 heterocycles. The first-order valence-corrected chi connectivity index (χ1v) is 9.58. The summed E-state index contributed by atoms with van der Waals surface area (Å²) in [5.41, 5.74) is 1.50. The van der Waals surface area contributed by atoms with Crippen LogP contribution in [0.1, 0.15) is 36.5 Å². The molecule has 0 aliphatic heterocycles. The van der Waals surface area contributed by atoms with Crippen LogP contribution in [0, 0.1) is 0 Å². The smallest absolute Gasteiger partial charge is 0.258 e. The van der Waals surface area contributed by atoms with Crippen molar-refractivity contribution in [1.29, 1.82) is 0 Å². The Labute approximate surface area is 174 Å². The Morgan fingerprint density at radius 2 is 1.89 bits per heavy atom. The molecule has 28 heavy (non-hydrogen) atoms. The number of hydrogen-bond acceptors (Lipinski definition) is 4. The van der Waals surface area contributed by atoms with Gasteiger partial charge in [-0.25, -0.2) is 0 Å². The number of rotatable bonds is 7. The van der Waals surface area contributed by atoms with Gasteiger partial charge in [0.1, 0.15) is 5.75 Å². The fourth-order valence-electron chi connectivity index (χ4n) is 2.40. The molecule has 2 aromatic rings. The van der Waals surface area contributed by atoms with Crippen LogP contribution in [-0.2, 0) is 4.79 Å². The van der Waals surface area contributed by atoms with Crippen LogP contribution >= 0.6 is 23.8 Å². The molecular weight excluding hydrogens is 398 g/mol. The number of anilines is 2. The Morgan fingerprint density at radius 3 is 2.57 bits per heavy atom. The Hall–Kier alpha value is -2.64. The summed E-state index contributed by atoms with van der Waals surface area (Å²) in [6, 6.07) is 11.8. The van der Waals surface area contributed by atoms with Crippen molar-refractivity contribution in [2.75, 3.05) is 17.7 Å². The van der Waals surface area contributed by atoms with Crippen molar-refractivity contribution in [3.63, 3.8) is 0 Å². The quantitative estimate of drug-likeness (QED) is 0.571. The predicted molar refractivity (Wildman–Crippen MR) is 116 cm³/mol. The third-order valence-electron chi connectivity index (χ3n) is 3.84. The largest absolute Gasteiger partial charge is 0.494 e. The molecule has 2 amide bonds. The van der Waals surface area contributed by atoms with Gasteiger partial charge in [0.15, 0.2) is 5.11 Å². The van der Waals surface area contributed by atoms with Crippen LogP contribution in [0.5, 0.6) is 5.75 Å². The van der Waals surface area contributed by atoms with E-state index in [1.54, 1.807) is 42.5 Å². The van der Waals surface area contributed by atoms with Gasteiger partial charge in [0.2, 0.25) is 5.91 Å². The molecule has 0 fully saturated rings. The van der Waals surface area contributed by atoms with E-state index < -0.39 is 5.91 Å². The van der Waals surface area contributed by atoms with Crippen molar-refractivity contribution in [3.8, 4) is 5.75 Å². The van der Waals surface area contributed by atoms with E-state index in [1.165, 1.54) is 7.11 Å². The molecule has 2 rings (SSSR count). The van der Waals surface area contributed by atoms with Crippen LogP contribution in [0.2, 0.25) is 5.02 Å². The van der Waals surface area contributed by atoms with Crippen LogP contribution in [-0.4, -0.2) is 24.0 Å². The Balaban J connectivity index is 2.01. The summed E-state index contributed by atoms with van der Waals surface area (Å²) in [5, 5.41) is 8.78. The molecular formula is C20H22ClN3O3S. The highest BCUT2D eigenvalue weighted by atomic mass is 35.5. The number of ether oxygens (including phenoxy) is 1. The van der Waals surface area contributed by atoms with Crippen LogP contribution in [0.3, 0.4) is 0 Å². The number of halogens is 1. The van der Waals surface area contributed by atoms with E-state index in [4.69, 9.17) is 28.6 Å². The van der Waals surface area contributed by atoms with E-state index >= 15 is 0 Å². The van der Waals surface area contributed by atoms with Crippen molar-refractivity contribution in [2.24, 2.45) is 0 Å². The summed E-state index contributed by atoms with van der Waals surface area (Å²) >= 11 is 11.2. The lowest BCUT2D eigenvalue weighted by Crippen LogP contribution is -2.34. The highest BCUT2D eigenvalue weighted by molar-refractivity contribution is 7.80. The maximum Gasteiger partial charge on any atom is 0.258 e. The molecule has 3 N–H and O–H groups in total. The van der Waals surface area contributed by atoms with Gasteiger partial charge in [0, 0.05) is 18.2 Å². The zero-order valence-electron chi connectivity index (χ0n) is 15.7. The standard InChI is InChI=1S/C20H22ClN3O3S/c1-3-4-9-18(25)23-16-11-10-13(12-17(16)27-2)22-20(28)24-19(26)14-7-5-6-8-15(14)21/h5-8,10-12H,3-4,9H2,1-2H3,(H,23,25)(H2,22,24,26,28). The molecule has 6 nitrogen and oxygen atoms in total. The number of carbonyl (C=O) groups is 2. The van der Waals surface area contributed by atoms with Crippen molar-refractivity contribution in [2.45, 2.75) is 26.2 Å². The van der Waals surface area contributed by atoms with Crippen LogP contribution in [0.15, 0.2) is 42.5 Å². The SMILES string of the molecule is CCCCC(=O)Nc1ccc(NC(=S)NC(=O)c2ccccc2Cl)cc1OC. The third-order valence-corrected chi connectivity index (χ3v) is 4.37. The van der Waals surface area contributed by atoms with Crippen molar-refractivity contribution >= 4 is 52.1 Å². The van der Waals surface area contributed by atoms with Gasteiger partial charge >= 0.3 is 0 Å². The number of nitrogens with one attached hydrogen (secondary N) is 3. The lowest BCUT2D eigenvalue weighted by atomic mass is 10.2. The van der Waals surface area contributed by atoms with Gasteiger partial charge in [0.25, 0.3) is 5.91 Å². The van der Waals surface area contributed by atoms with Gasteiger partial charge in [-0.1, -0.05) is 37.1 Å². The van der Waals surface area contributed by atoms with Gasteiger partial charge in [-0.05, 0) is 42.9 Å². The average molecular weight is 420 g/mol. The second-order valence-electron chi connectivity index (χ2n) is 5.95. The molecule has 0 saturated carbocycles. The molecule has 0 aliphatic rings. The second kappa shape index (κ2) is 10.6. The summed E-state index contributed by atoms with van der Waals surface area (Å²) in [4.78, 5) is 24.2. The summed E-state index contributed by atoms with van der Waals surface area (Å²) in [6.07, 6.45) is 2.23. The minimum Gasteiger partial charge on any atom is -0.494 e. The summed E-state index contributed by atoms with van der Waals surface area (Å²) in [5.74, 6) is 0.00772. The molecule has 0 spiro atoms. The lowest BCUT2D eigenvalue weighted by Gasteiger charge is -2.14. The highest BCUT2D eigenvalue weighted by Crippen LogP contribution is 2.28. The number of amides is 2. The Bertz CT molecular complexity index is 874. The molecule has 0 aliphatic carbocycles. The zero-order valence-corrected chi connectivity index (χ0v) is 17.2. The topological polar surface area (TPSA) is 79.5 Å². The average Bonchev–Trinajstić information content (AvgIpc) is 2.67. The van der Waals surface area contributed by atoms with E-state index in [0.29, 0.717) is 34.1 Å². The maximum atomic E-state index is 12.3. The zero-order chi connectivity index (χ0) is 20.5. The van der Waals surface area contributed by atoms with Crippen molar-refractivity contribution < 1.29 is 14.3 Å². The maximum absolute atomic E-state index is 12.3. The van der Waals surface area contributed by atoms with E-state index in [1.807, 2.05) is 6.92 Å². The lowest BCUT2D eigenvalue weighted by molar-refractivity contribution is -0.116. The van der Waals surface area contributed by atoms with E-state index in [0.717, 1.165) is 12.8 Å². The third kappa shape index (κ3) is 6.21. The molecule has 0 unspecified atom stereocenters. The molecule has 0 aromatic heterocycles. The number of unbranched alkanes of at least 4 members (excludes halogenated alkanes) is 1. The van der Waals surface area contributed by atoms with Crippen LogP contribution in [0.4, 0.5) is 11.4 Å². The number of thiocarbonyl (C=S) groups is 1. The van der Waals surface area contributed by atoms with E-state index in [-0.39, 0.29) is 11.0 Å². The first-order chi connectivity index (χ1) is 13.4. The Morgan fingerprint density at radius 1 is 1.14 bits per heavy atom. The van der Waals surface area contributed by atoms with Crippen molar-refractivity contribution in [3.05, 3.63) is 53.1 Å². The molecule has 0 radical (unpaired) electrons. The highest BCUT2D eigenvalue weighted by Gasteiger charge is 2.12. The summed E-state index contributed by atoms with van der Waals surface area (Å²) in [7, 11) is 1.51. The Kier molecular flexibility index (Phi) is 8.22. The molecule has 0 bridgehead atoms. The molecule has 0 atom stereocenters. The monoisotopic (exact) mass is 419 g/mol. The number of benzene rings is 2. The molecule has 148 valence electrons. The predicted octanol–water partition coefficient (Wildman–Crippen LogP) is 4.60. The molecule has 2 aromatic carbocycles. The molecule has 8 heteroatoms. The summed E-state index contributed by atoms with van der Waals surface area (Å²) < 4.78 is 5.34. The summed E-state index contributed by atoms with van der Waals surface area (Å²) in [6.45, 7) is 2.03.